The number of hydrogen-bond donors (Lipinski definition) is 2. The van der Waals surface area contributed by atoms with Crippen LogP contribution in [0.5, 0.6) is 11.5 Å². The first kappa shape index (κ1) is 17.0. The lowest BCUT2D eigenvalue weighted by Gasteiger charge is -2.28. The fourth-order valence-corrected chi connectivity index (χ4v) is 3.30. The standard InChI is InChI=1S/C18H27N3O3/c1-4-5-14-11-15(20-19-14)18(22)21(3)12(2)13-6-7-16-17(10-13)24-9-8-23-16/h6-7,10,12,14-15,19-20H,4-5,8-9,11H2,1-3H3. The van der Waals surface area contributed by atoms with Crippen molar-refractivity contribution in [3.8, 4) is 11.5 Å². The molecule has 0 saturated carbocycles. The van der Waals surface area contributed by atoms with Gasteiger partial charge in [0.2, 0.25) is 5.91 Å². The fourth-order valence-electron chi connectivity index (χ4n) is 3.30. The van der Waals surface area contributed by atoms with E-state index in [1.165, 1.54) is 0 Å². The van der Waals surface area contributed by atoms with Crippen LogP contribution in [-0.2, 0) is 4.79 Å². The minimum Gasteiger partial charge on any atom is -0.486 e. The lowest BCUT2D eigenvalue weighted by molar-refractivity contribution is -0.133. The molecule has 1 fully saturated rings. The van der Waals surface area contributed by atoms with Crippen molar-refractivity contribution >= 4 is 5.91 Å². The van der Waals surface area contributed by atoms with E-state index in [1.807, 2.05) is 32.2 Å². The summed E-state index contributed by atoms with van der Waals surface area (Å²) in [4.78, 5) is 14.6. The van der Waals surface area contributed by atoms with Gasteiger partial charge in [0.25, 0.3) is 0 Å². The molecular formula is C18H27N3O3. The van der Waals surface area contributed by atoms with E-state index in [2.05, 4.69) is 17.8 Å². The molecule has 1 amide bonds. The normalized spacial score (nSPS) is 23.8. The number of benzene rings is 1. The molecule has 2 N–H and O–H groups in total. The predicted octanol–water partition coefficient (Wildman–Crippen LogP) is 2.01. The second kappa shape index (κ2) is 7.40. The predicted molar refractivity (Wildman–Crippen MR) is 92.0 cm³/mol. The number of carbonyl (C=O) groups is 1. The van der Waals surface area contributed by atoms with Crippen molar-refractivity contribution in [1.82, 2.24) is 15.8 Å². The van der Waals surface area contributed by atoms with Crippen molar-refractivity contribution in [3.05, 3.63) is 23.8 Å². The van der Waals surface area contributed by atoms with E-state index < -0.39 is 0 Å². The third-order valence-electron chi connectivity index (χ3n) is 4.89. The van der Waals surface area contributed by atoms with Crippen LogP contribution in [0.4, 0.5) is 0 Å². The molecule has 1 aromatic rings. The van der Waals surface area contributed by atoms with Crippen molar-refractivity contribution in [1.29, 1.82) is 0 Å². The van der Waals surface area contributed by atoms with Crippen LogP contribution in [0.15, 0.2) is 18.2 Å². The summed E-state index contributed by atoms with van der Waals surface area (Å²) < 4.78 is 11.2. The summed E-state index contributed by atoms with van der Waals surface area (Å²) >= 11 is 0. The Balaban J connectivity index is 1.66. The van der Waals surface area contributed by atoms with Crippen LogP contribution in [0, 0.1) is 0 Å². The van der Waals surface area contributed by atoms with E-state index in [4.69, 9.17) is 9.47 Å². The van der Waals surface area contributed by atoms with Crippen molar-refractivity contribution in [2.45, 2.75) is 51.2 Å². The van der Waals surface area contributed by atoms with Gasteiger partial charge in [-0.1, -0.05) is 19.4 Å². The second-order valence-corrected chi connectivity index (χ2v) is 6.59. The van der Waals surface area contributed by atoms with Gasteiger partial charge in [0, 0.05) is 13.1 Å². The van der Waals surface area contributed by atoms with Crippen LogP contribution in [-0.4, -0.2) is 43.2 Å². The molecule has 24 heavy (non-hydrogen) atoms. The molecule has 6 heteroatoms. The van der Waals surface area contributed by atoms with Gasteiger partial charge in [-0.2, -0.15) is 0 Å². The summed E-state index contributed by atoms with van der Waals surface area (Å²) in [5.41, 5.74) is 7.42. The molecule has 1 saturated heterocycles. The number of hydrogen-bond acceptors (Lipinski definition) is 5. The lowest BCUT2D eigenvalue weighted by atomic mass is 10.0. The van der Waals surface area contributed by atoms with Crippen LogP contribution in [0.3, 0.4) is 0 Å². The Morgan fingerprint density at radius 2 is 2.04 bits per heavy atom. The van der Waals surface area contributed by atoms with E-state index in [9.17, 15) is 4.79 Å². The van der Waals surface area contributed by atoms with Gasteiger partial charge in [0.05, 0.1) is 6.04 Å². The third kappa shape index (κ3) is 3.49. The number of fused-ring (bicyclic) bond motifs is 1. The van der Waals surface area contributed by atoms with Crippen molar-refractivity contribution in [3.63, 3.8) is 0 Å². The molecule has 6 nitrogen and oxygen atoms in total. The molecule has 0 aliphatic carbocycles. The topological polar surface area (TPSA) is 62.8 Å². The smallest absolute Gasteiger partial charge is 0.241 e. The highest BCUT2D eigenvalue weighted by Crippen LogP contribution is 2.34. The largest absolute Gasteiger partial charge is 0.486 e. The van der Waals surface area contributed by atoms with Crippen molar-refractivity contribution < 1.29 is 14.3 Å². The van der Waals surface area contributed by atoms with Gasteiger partial charge in [-0.3, -0.25) is 10.2 Å². The molecule has 2 heterocycles. The van der Waals surface area contributed by atoms with Crippen molar-refractivity contribution in [2.75, 3.05) is 20.3 Å². The number of carbonyl (C=O) groups excluding carboxylic acids is 1. The molecule has 0 radical (unpaired) electrons. The summed E-state index contributed by atoms with van der Waals surface area (Å²) in [5.74, 6) is 1.65. The molecule has 132 valence electrons. The van der Waals surface area contributed by atoms with Crippen LogP contribution < -0.4 is 20.3 Å². The van der Waals surface area contributed by atoms with Crippen LogP contribution >= 0.6 is 0 Å². The highest BCUT2D eigenvalue weighted by molar-refractivity contribution is 5.82. The highest BCUT2D eigenvalue weighted by Gasteiger charge is 2.32. The number of likely N-dealkylation sites (N-methyl/N-ethyl adjacent to an activating group) is 1. The van der Waals surface area contributed by atoms with Crippen molar-refractivity contribution in [2.24, 2.45) is 0 Å². The van der Waals surface area contributed by atoms with E-state index in [0.717, 1.165) is 36.3 Å². The van der Waals surface area contributed by atoms with Gasteiger partial charge >= 0.3 is 0 Å². The van der Waals surface area contributed by atoms with E-state index in [0.29, 0.717) is 19.3 Å². The molecule has 3 atom stereocenters. The molecule has 0 spiro atoms. The minimum atomic E-state index is -0.161. The first-order valence-corrected chi connectivity index (χ1v) is 8.77. The molecular weight excluding hydrogens is 306 g/mol. The fraction of sp³-hybridized carbons (Fsp3) is 0.611. The Morgan fingerprint density at radius 1 is 1.29 bits per heavy atom. The summed E-state index contributed by atoms with van der Waals surface area (Å²) in [6, 6.07) is 6.09. The zero-order chi connectivity index (χ0) is 17.1. The van der Waals surface area contributed by atoms with E-state index in [1.54, 1.807) is 4.90 Å². The average Bonchev–Trinajstić information content (AvgIpc) is 3.08. The summed E-state index contributed by atoms with van der Waals surface area (Å²) in [5, 5.41) is 0. The average molecular weight is 333 g/mol. The maximum Gasteiger partial charge on any atom is 0.241 e. The summed E-state index contributed by atoms with van der Waals surface area (Å²) in [6.45, 7) is 5.35. The van der Waals surface area contributed by atoms with Gasteiger partial charge in [-0.05, 0) is 37.5 Å². The van der Waals surface area contributed by atoms with Gasteiger partial charge in [-0.25, -0.2) is 5.43 Å². The quantitative estimate of drug-likeness (QED) is 0.863. The second-order valence-electron chi connectivity index (χ2n) is 6.59. The third-order valence-corrected chi connectivity index (χ3v) is 4.89. The first-order chi connectivity index (χ1) is 11.6. The van der Waals surface area contributed by atoms with Gasteiger partial charge in [0.15, 0.2) is 11.5 Å². The Morgan fingerprint density at radius 3 is 2.79 bits per heavy atom. The summed E-state index contributed by atoms with van der Waals surface area (Å²) in [6.07, 6.45) is 3.03. The zero-order valence-electron chi connectivity index (χ0n) is 14.7. The molecule has 0 bridgehead atoms. The molecule has 2 aliphatic rings. The number of ether oxygens (including phenoxy) is 2. The number of nitrogens with one attached hydrogen (secondary N) is 2. The summed E-state index contributed by atoms with van der Waals surface area (Å²) in [7, 11) is 1.86. The highest BCUT2D eigenvalue weighted by atomic mass is 16.6. The molecule has 0 aromatic heterocycles. The SMILES string of the molecule is CCCC1CC(C(=O)N(C)C(C)c2ccc3c(c2)OCCO3)NN1. The molecule has 1 aromatic carbocycles. The molecule has 2 aliphatic heterocycles. The maximum atomic E-state index is 12.8. The number of amides is 1. The zero-order valence-corrected chi connectivity index (χ0v) is 14.7. The van der Waals surface area contributed by atoms with Gasteiger partial charge in [0.1, 0.15) is 19.3 Å². The Kier molecular flexibility index (Phi) is 5.26. The number of nitrogens with zero attached hydrogens (tertiary/aromatic N) is 1. The van der Waals surface area contributed by atoms with Crippen LogP contribution in [0.25, 0.3) is 0 Å². The van der Waals surface area contributed by atoms with Crippen LogP contribution in [0.1, 0.15) is 44.7 Å². The van der Waals surface area contributed by atoms with E-state index >= 15 is 0 Å². The minimum absolute atomic E-state index is 0.0275. The molecule has 3 unspecified atom stereocenters. The number of rotatable bonds is 5. The Labute approximate surface area is 143 Å². The monoisotopic (exact) mass is 333 g/mol. The van der Waals surface area contributed by atoms with Gasteiger partial charge < -0.3 is 14.4 Å². The van der Waals surface area contributed by atoms with Crippen LogP contribution in [0.2, 0.25) is 0 Å². The van der Waals surface area contributed by atoms with E-state index in [-0.39, 0.29) is 18.0 Å². The molecule has 3 rings (SSSR count). The number of hydrazine groups is 1. The first-order valence-electron chi connectivity index (χ1n) is 8.77. The maximum absolute atomic E-state index is 12.8. The van der Waals surface area contributed by atoms with Gasteiger partial charge in [-0.15, -0.1) is 0 Å². The Hall–Kier alpha value is -1.79. The lowest BCUT2D eigenvalue weighted by Crippen LogP contribution is -2.45. The Bertz CT molecular complexity index is 593.